The van der Waals surface area contributed by atoms with Crippen molar-refractivity contribution >= 4 is 11.9 Å². The molecule has 11 heteroatoms. The molecule has 1 aliphatic rings. The third-order valence-electron chi connectivity index (χ3n) is 2.63. The van der Waals surface area contributed by atoms with E-state index in [0.29, 0.717) is 26.3 Å². The molecule has 1 fully saturated rings. The van der Waals surface area contributed by atoms with E-state index in [0.717, 1.165) is 0 Å². The van der Waals surface area contributed by atoms with Gasteiger partial charge >= 0.3 is 18.4 Å². The van der Waals surface area contributed by atoms with E-state index in [4.69, 9.17) is 10.5 Å². The van der Waals surface area contributed by atoms with Gasteiger partial charge in [0.15, 0.2) is 6.61 Å². The van der Waals surface area contributed by atoms with E-state index < -0.39 is 25.0 Å². The van der Waals surface area contributed by atoms with Crippen LogP contribution in [0.25, 0.3) is 0 Å². The largest absolute Gasteiger partial charge is 0.457 e. The maximum Gasteiger partial charge on any atom is 0.340 e. The number of alkyl halides is 4. The van der Waals surface area contributed by atoms with E-state index in [2.05, 4.69) is 19.7 Å². The lowest BCUT2D eigenvalue weighted by Gasteiger charge is -2.26. The summed E-state index contributed by atoms with van der Waals surface area (Å²) < 4.78 is 59.3. The van der Waals surface area contributed by atoms with E-state index >= 15 is 0 Å². The topological polar surface area (TPSA) is 86.4 Å². The van der Waals surface area contributed by atoms with Crippen LogP contribution in [0.2, 0.25) is 0 Å². The molecule has 1 aliphatic heterocycles. The second-order valence-corrected chi connectivity index (χ2v) is 4.23. The average Bonchev–Trinajstić information content (AvgIpc) is 2.45. The highest BCUT2D eigenvalue weighted by Gasteiger charge is 2.42. The van der Waals surface area contributed by atoms with Crippen LogP contribution in [0, 0.1) is 0 Å². The van der Waals surface area contributed by atoms with Crippen LogP contribution in [-0.2, 0) is 4.74 Å². The lowest BCUT2D eigenvalue weighted by Crippen LogP contribution is -2.38. The second-order valence-electron chi connectivity index (χ2n) is 4.23. The smallest absolute Gasteiger partial charge is 0.340 e. The standard InChI is InChI=1S/C10H13F4N5O2/c11-6(12)10(13,14)5-21-9-17-7(15)16-8(18-9)19-1-3-20-4-2-19/h6H,1-5H2,(H2,15,16,17,18). The van der Waals surface area contributed by atoms with Gasteiger partial charge in [-0.25, -0.2) is 8.78 Å². The molecule has 0 radical (unpaired) electrons. The molecule has 1 saturated heterocycles. The maximum absolute atomic E-state index is 12.8. The van der Waals surface area contributed by atoms with E-state index in [1.807, 2.05) is 0 Å². The maximum atomic E-state index is 12.8. The quantitative estimate of drug-likeness (QED) is 0.796. The van der Waals surface area contributed by atoms with Gasteiger partial charge in [0.05, 0.1) is 13.2 Å². The van der Waals surface area contributed by atoms with E-state index in [9.17, 15) is 17.6 Å². The van der Waals surface area contributed by atoms with Gasteiger partial charge in [0, 0.05) is 13.1 Å². The Bertz CT molecular complexity index is 485. The number of aromatic nitrogens is 3. The zero-order chi connectivity index (χ0) is 15.5. The van der Waals surface area contributed by atoms with Crippen LogP contribution in [0.15, 0.2) is 0 Å². The molecule has 2 rings (SSSR count). The molecule has 0 amide bonds. The molecule has 0 aliphatic carbocycles. The fraction of sp³-hybridized carbons (Fsp3) is 0.700. The highest BCUT2D eigenvalue weighted by molar-refractivity contribution is 5.36. The highest BCUT2D eigenvalue weighted by atomic mass is 19.3. The zero-order valence-corrected chi connectivity index (χ0v) is 10.8. The lowest BCUT2D eigenvalue weighted by molar-refractivity contribution is -0.149. The summed E-state index contributed by atoms with van der Waals surface area (Å²) in [5, 5.41) is 0. The van der Waals surface area contributed by atoms with Crippen LogP contribution in [-0.4, -0.2) is 60.2 Å². The summed E-state index contributed by atoms with van der Waals surface area (Å²) in [6.07, 6.45) is -3.84. The fourth-order valence-electron chi connectivity index (χ4n) is 1.55. The van der Waals surface area contributed by atoms with Crippen molar-refractivity contribution in [3.8, 4) is 6.01 Å². The fourth-order valence-corrected chi connectivity index (χ4v) is 1.55. The van der Waals surface area contributed by atoms with Crippen molar-refractivity contribution in [3.05, 3.63) is 0 Å². The van der Waals surface area contributed by atoms with E-state index in [1.54, 1.807) is 4.90 Å². The van der Waals surface area contributed by atoms with Crippen molar-refractivity contribution in [1.82, 2.24) is 15.0 Å². The summed E-state index contributed by atoms with van der Waals surface area (Å²) >= 11 is 0. The lowest BCUT2D eigenvalue weighted by atomic mass is 10.4. The summed E-state index contributed by atoms with van der Waals surface area (Å²) in [4.78, 5) is 12.8. The summed E-state index contributed by atoms with van der Waals surface area (Å²) in [5.74, 6) is -4.41. The number of morpholine rings is 1. The van der Waals surface area contributed by atoms with Gasteiger partial charge in [-0.15, -0.1) is 0 Å². The predicted molar refractivity (Wildman–Crippen MR) is 63.7 cm³/mol. The molecule has 0 saturated carbocycles. The van der Waals surface area contributed by atoms with Crippen molar-refractivity contribution in [1.29, 1.82) is 0 Å². The van der Waals surface area contributed by atoms with Gasteiger partial charge in [-0.1, -0.05) is 0 Å². The Hall–Kier alpha value is -1.91. The normalized spacial score (nSPS) is 16.3. The van der Waals surface area contributed by atoms with E-state index in [1.165, 1.54) is 0 Å². The minimum atomic E-state index is -4.29. The van der Waals surface area contributed by atoms with Crippen molar-refractivity contribution in [3.63, 3.8) is 0 Å². The second kappa shape index (κ2) is 6.24. The number of hydrogen-bond acceptors (Lipinski definition) is 7. The summed E-state index contributed by atoms with van der Waals surface area (Å²) in [5.41, 5.74) is 5.43. The first-order valence-electron chi connectivity index (χ1n) is 6.01. The Kier molecular flexibility index (Phi) is 4.60. The van der Waals surface area contributed by atoms with Gasteiger partial charge in [-0.05, 0) is 0 Å². The molecule has 1 aromatic rings. The average molecular weight is 311 g/mol. The summed E-state index contributed by atoms with van der Waals surface area (Å²) in [6.45, 7) is 0.319. The Morgan fingerprint density at radius 1 is 1.24 bits per heavy atom. The van der Waals surface area contributed by atoms with Crippen LogP contribution < -0.4 is 15.4 Å². The molecule has 1 aromatic heterocycles. The molecule has 0 spiro atoms. The van der Waals surface area contributed by atoms with Crippen LogP contribution in [0.1, 0.15) is 0 Å². The number of rotatable bonds is 5. The van der Waals surface area contributed by atoms with Crippen molar-refractivity contribution in [2.45, 2.75) is 12.3 Å². The highest BCUT2D eigenvalue weighted by Crippen LogP contribution is 2.24. The Labute approximate surface area is 117 Å². The number of nitrogens with zero attached hydrogens (tertiary/aromatic N) is 4. The number of halogens is 4. The molecule has 0 bridgehead atoms. The number of anilines is 2. The first-order valence-corrected chi connectivity index (χ1v) is 6.01. The summed E-state index contributed by atoms with van der Waals surface area (Å²) in [7, 11) is 0. The number of ether oxygens (including phenoxy) is 2. The Morgan fingerprint density at radius 2 is 1.90 bits per heavy atom. The molecule has 21 heavy (non-hydrogen) atoms. The SMILES string of the molecule is Nc1nc(OCC(F)(F)C(F)F)nc(N2CCOCC2)n1. The molecule has 0 atom stereocenters. The molecular weight excluding hydrogens is 298 g/mol. The Balaban J connectivity index is 2.08. The first-order chi connectivity index (χ1) is 9.88. The van der Waals surface area contributed by atoms with Gasteiger partial charge in [0.2, 0.25) is 11.9 Å². The number of hydrogen-bond donors (Lipinski definition) is 1. The number of nitrogens with two attached hydrogens (primary N) is 1. The van der Waals surface area contributed by atoms with Crippen LogP contribution in [0.4, 0.5) is 29.5 Å². The van der Waals surface area contributed by atoms with Gasteiger partial charge in [0.25, 0.3) is 0 Å². The minimum Gasteiger partial charge on any atom is -0.457 e. The number of nitrogen functional groups attached to an aromatic ring is 1. The van der Waals surface area contributed by atoms with Gasteiger partial charge in [-0.3, -0.25) is 0 Å². The minimum absolute atomic E-state index is 0.126. The monoisotopic (exact) mass is 311 g/mol. The third kappa shape index (κ3) is 4.03. The van der Waals surface area contributed by atoms with E-state index in [-0.39, 0.29) is 11.9 Å². The van der Waals surface area contributed by atoms with Crippen molar-refractivity contribution in [2.75, 3.05) is 43.5 Å². The van der Waals surface area contributed by atoms with Crippen LogP contribution in [0.3, 0.4) is 0 Å². The molecule has 118 valence electrons. The van der Waals surface area contributed by atoms with Crippen LogP contribution in [0.5, 0.6) is 6.01 Å². The first kappa shape index (κ1) is 15.5. The zero-order valence-electron chi connectivity index (χ0n) is 10.8. The summed E-state index contributed by atoms with van der Waals surface area (Å²) in [6, 6.07) is -0.524. The molecule has 0 unspecified atom stereocenters. The van der Waals surface area contributed by atoms with Crippen LogP contribution >= 0.6 is 0 Å². The molecule has 2 N–H and O–H groups in total. The van der Waals surface area contributed by atoms with Gasteiger partial charge < -0.3 is 20.1 Å². The van der Waals surface area contributed by atoms with Gasteiger partial charge in [-0.2, -0.15) is 23.7 Å². The molecule has 2 heterocycles. The molecule has 7 nitrogen and oxygen atoms in total. The van der Waals surface area contributed by atoms with Gasteiger partial charge in [0.1, 0.15) is 0 Å². The van der Waals surface area contributed by atoms with Crippen molar-refractivity contribution in [2.24, 2.45) is 0 Å². The Morgan fingerprint density at radius 3 is 2.52 bits per heavy atom. The molecule has 0 aromatic carbocycles. The third-order valence-corrected chi connectivity index (χ3v) is 2.63. The molecular formula is C10H13F4N5O2. The van der Waals surface area contributed by atoms with Crippen molar-refractivity contribution < 1.29 is 27.0 Å². The predicted octanol–water partition coefficient (Wildman–Crippen LogP) is 0.570.